The van der Waals surface area contributed by atoms with Crippen LogP contribution in [0.2, 0.25) is 0 Å². The fraction of sp³-hybridized carbons (Fsp3) is 0.167. The summed E-state index contributed by atoms with van der Waals surface area (Å²) >= 11 is 1.35. The summed E-state index contributed by atoms with van der Waals surface area (Å²) in [6, 6.07) is 10.8. The highest BCUT2D eigenvalue weighted by atomic mass is 32.1. The van der Waals surface area contributed by atoms with Gasteiger partial charge in [-0.25, -0.2) is 4.98 Å². The van der Waals surface area contributed by atoms with E-state index in [1.165, 1.54) is 11.3 Å². The third-order valence-electron chi connectivity index (χ3n) is 3.53. The molecule has 0 radical (unpaired) electrons. The largest absolute Gasteiger partial charge is 0.462 e. The quantitative estimate of drug-likeness (QED) is 0.762. The molecule has 25 heavy (non-hydrogen) atoms. The third-order valence-corrected chi connectivity index (χ3v) is 4.39. The molecular weight excluding hydrogens is 338 g/mol. The van der Waals surface area contributed by atoms with E-state index in [2.05, 4.69) is 10.3 Å². The molecule has 0 bridgehead atoms. The number of hydrogen-bond donors (Lipinski definition) is 1. The van der Waals surface area contributed by atoms with E-state index in [1.54, 1.807) is 54.9 Å². The zero-order valence-electron chi connectivity index (χ0n) is 13.9. The number of nitrogens with one attached hydrogen (secondary N) is 1. The van der Waals surface area contributed by atoms with Crippen LogP contribution in [0.3, 0.4) is 0 Å². The Balaban J connectivity index is 1.64. The molecular formula is C18H17N3O3S. The lowest BCUT2D eigenvalue weighted by atomic mass is 10.1. The van der Waals surface area contributed by atoms with E-state index in [1.807, 2.05) is 12.1 Å². The first-order valence-electron chi connectivity index (χ1n) is 7.63. The Morgan fingerprint density at radius 3 is 2.60 bits per heavy atom. The van der Waals surface area contributed by atoms with Crippen LogP contribution in [-0.4, -0.2) is 35.8 Å². The van der Waals surface area contributed by atoms with Crippen molar-refractivity contribution in [2.24, 2.45) is 0 Å². The Bertz CT molecular complexity index is 867. The molecule has 7 heteroatoms. The Labute approximate surface area is 149 Å². The van der Waals surface area contributed by atoms with Crippen molar-refractivity contribution in [2.75, 3.05) is 19.4 Å². The molecule has 0 aliphatic carbocycles. The molecule has 128 valence electrons. The number of thiazole rings is 1. The fourth-order valence-electron chi connectivity index (χ4n) is 2.13. The molecule has 0 fully saturated rings. The molecule has 0 atom stereocenters. The summed E-state index contributed by atoms with van der Waals surface area (Å²) in [4.78, 5) is 29.8. The number of benzene rings is 1. The van der Waals surface area contributed by atoms with Crippen molar-refractivity contribution in [1.29, 1.82) is 0 Å². The highest BCUT2D eigenvalue weighted by molar-refractivity contribution is 7.13. The van der Waals surface area contributed by atoms with Crippen molar-refractivity contribution in [3.05, 3.63) is 59.3 Å². The van der Waals surface area contributed by atoms with Gasteiger partial charge in [-0.3, -0.25) is 9.59 Å². The van der Waals surface area contributed by atoms with Gasteiger partial charge in [-0.05, 0) is 29.8 Å². The molecule has 2 aromatic heterocycles. The van der Waals surface area contributed by atoms with Gasteiger partial charge in [-0.2, -0.15) is 0 Å². The number of aromatic nitrogens is 1. The first kappa shape index (κ1) is 16.9. The molecule has 6 nitrogen and oxygen atoms in total. The predicted octanol–water partition coefficient (Wildman–Crippen LogP) is 3.29. The highest BCUT2D eigenvalue weighted by Crippen LogP contribution is 2.24. The number of hydrogen-bond acceptors (Lipinski definition) is 5. The molecule has 0 saturated carbocycles. The lowest BCUT2D eigenvalue weighted by Gasteiger charge is -2.10. The molecule has 0 aliphatic rings. The number of amides is 2. The smallest absolute Gasteiger partial charge is 0.275 e. The van der Waals surface area contributed by atoms with Gasteiger partial charge < -0.3 is 14.6 Å². The first-order valence-corrected chi connectivity index (χ1v) is 8.51. The molecule has 1 N–H and O–H groups in total. The van der Waals surface area contributed by atoms with Crippen LogP contribution in [0, 0.1) is 0 Å². The van der Waals surface area contributed by atoms with Crippen LogP contribution in [0.5, 0.6) is 0 Å². The minimum absolute atomic E-state index is 0.0321. The summed E-state index contributed by atoms with van der Waals surface area (Å²) in [6.07, 6.45) is 1.90. The van der Waals surface area contributed by atoms with Crippen LogP contribution in [0.1, 0.15) is 16.1 Å². The molecule has 0 aliphatic heterocycles. The number of carbonyl (C=O) groups is 2. The van der Waals surface area contributed by atoms with Crippen molar-refractivity contribution in [2.45, 2.75) is 6.42 Å². The van der Waals surface area contributed by atoms with E-state index in [0.717, 1.165) is 5.56 Å². The number of anilines is 1. The van der Waals surface area contributed by atoms with Gasteiger partial charge in [0.2, 0.25) is 5.91 Å². The standard InChI is InChI=1S/C18H17N3O3S/c1-21(2)16(22)10-12-5-7-13(8-6-12)19-17(23)14-11-25-18(20-14)15-4-3-9-24-15/h3-9,11H,10H2,1-2H3,(H,19,23). The average molecular weight is 355 g/mol. The second kappa shape index (κ2) is 7.31. The SMILES string of the molecule is CN(C)C(=O)Cc1ccc(NC(=O)c2csc(-c3ccco3)n2)cc1. The van der Waals surface area contributed by atoms with E-state index in [-0.39, 0.29) is 11.8 Å². The van der Waals surface area contributed by atoms with Crippen molar-refractivity contribution >= 4 is 28.8 Å². The molecule has 3 rings (SSSR count). The van der Waals surface area contributed by atoms with Gasteiger partial charge in [0, 0.05) is 25.2 Å². The summed E-state index contributed by atoms with van der Waals surface area (Å²) in [5.74, 6) is 0.384. The summed E-state index contributed by atoms with van der Waals surface area (Å²) in [5, 5.41) is 5.15. The van der Waals surface area contributed by atoms with Gasteiger partial charge in [0.05, 0.1) is 12.7 Å². The number of nitrogens with zero attached hydrogens (tertiary/aromatic N) is 2. The van der Waals surface area contributed by atoms with Gasteiger partial charge in [0.15, 0.2) is 10.8 Å². The number of rotatable bonds is 5. The van der Waals surface area contributed by atoms with Crippen LogP contribution in [-0.2, 0) is 11.2 Å². The van der Waals surface area contributed by atoms with Crippen LogP contribution in [0.25, 0.3) is 10.8 Å². The van der Waals surface area contributed by atoms with Crippen LogP contribution in [0.15, 0.2) is 52.5 Å². The van der Waals surface area contributed by atoms with Gasteiger partial charge in [-0.1, -0.05) is 12.1 Å². The fourth-order valence-corrected chi connectivity index (χ4v) is 2.89. The Kier molecular flexibility index (Phi) is 4.95. The Morgan fingerprint density at radius 1 is 1.20 bits per heavy atom. The predicted molar refractivity (Wildman–Crippen MR) is 96.6 cm³/mol. The second-order valence-corrected chi connectivity index (χ2v) is 6.49. The maximum Gasteiger partial charge on any atom is 0.275 e. The highest BCUT2D eigenvalue weighted by Gasteiger charge is 2.13. The second-order valence-electron chi connectivity index (χ2n) is 5.63. The molecule has 2 heterocycles. The van der Waals surface area contributed by atoms with Gasteiger partial charge in [0.25, 0.3) is 5.91 Å². The molecule has 0 unspecified atom stereocenters. The van der Waals surface area contributed by atoms with Gasteiger partial charge in [0.1, 0.15) is 5.69 Å². The van der Waals surface area contributed by atoms with Crippen molar-refractivity contribution in [3.8, 4) is 10.8 Å². The molecule has 0 saturated heterocycles. The average Bonchev–Trinajstić information content (AvgIpc) is 3.27. The lowest BCUT2D eigenvalue weighted by Crippen LogP contribution is -2.23. The van der Waals surface area contributed by atoms with E-state index in [0.29, 0.717) is 28.6 Å². The van der Waals surface area contributed by atoms with Crippen LogP contribution in [0.4, 0.5) is 5.69 Å². The van der Waals surface area contributed by atoms with Gasteiger partial charge in [-0.15, -0.1) is 11.3 Å². The normalized spacial score (nSPS) is 10.5. The van der Waals surface area contributed by atoms with Crippen LogP contribution >= 0.6 is 11.3 Å². The lowest BCUT2D eigenvalue weighted by molar-refractivity contribution is -0.127. The van der Waals surface area contributed by atoms with Crippen molar-refractivity contribution in [3.63, 3.8) is 0 Å². The first-order chi connectivity index (χ1) is 12.0. The van der Waals surface area contributed by atoms with Crippen LogP contribution < -0.4 is 5.32 Å². The maximum atomic E-state index is 12.3. The number of likely N-dealkylation sites (N-methyl/N-ethyl adjacent to an activating group) is 1. The third kappa shape index (κ3) is 4.13. The Morgan fingerprint density at radius 2 is 1.96 bits per heavy atom. The van der Waals surface area contributed by atoms with E-state index in [4.69, 9.17) is 4.42 Å². The maximum absolute atomic E-state index is 12.3. The summed E-state index contributed by atoms with van der Waals surface area (Å²) < 4.78 is 5.28. The molecule has 2 amide bonds. The summed E-state index contributed by atoms with van der Waals surface area (Å²) in [7, 11) is 3.45. The zero-order chi connectivity index (χ0) is 17.8. The minimum atomic E-state index is -0.286. The monoisotopic (exact) mass is 355 g/mol. The van der Waals surface area contributed by atoms with E-state index >= 15 is 0 Å². The zero-order valence-corrected chi connectivity index (χ0v) is 14.7. The summed E-state index contributed by atoms with van der Waals surface area (Å²) in [5.41, 5.74) is 1.88. The molecule has 1 aromatic carbocycles. The topological polar surface area (TPSA) is 75.4 Å². The number of carbonyl (C=O) groups excluding carboxylic acids is 2. The van der Waals surface area contributed by atoms with E-state index < -0.39 is 0 Å². The molecule has 3 aromatic rings. The van der Waals surface area contributed by atoms with Crippen molar-refractivity contribution in [1.82, 2.24) is 9.88 Å². The molecule has 0 spiro atoms. The summed E-state index contributed by atoms with van der Waals surface area (Å²) in [6.45, 7) is 0. The van der Waals surface area contributed by atoms with E-state index in [9.17, 15) is 9.59 Å². The number of furan rings is 1. The van der Waals surface area contributed by atoms with Gasteiger partial charge >= 0.3 is 0 Å². The minimum Gasteiger partial charge on any atom is -0.462 e. The van der Waals surface area contributed by atoms with Crippen molar-refractivity contribution < 1.29 is 14.0 Å². The Hall–Kier alpha value is -2.93.